The number of rotatable bonds is 2. The molecule has 1 saturated heterocycles. The van der Waals surface area contributed by atoms with Gasteiger partial charge in [-0.15, -0.1) is 0 Å². The molecule has 1 aliphatic heterocycles. The first-order valence-electron chi connectivity index (χ1n) is 6.29. The first-order chi connectivity index (χ1) is 7.28. The molecule has 3 nitrogen and oxygen atoms in total. The van der Waals surface area contributed by atoms with Crippen LogP contribution in [0.15, 0.2) is 0 Å². The van der Waals surface area contributed by atoms with E-state index in [-0.39, 0.29) is 5.54 Å². The Labute approximate surface area is 91.0 Å². The second kappa shape index (κ2) is 3.21. The highest BCUT2D eigenvalue weighted by molar-refractivity contribution is 5.81. The van der Waals surface area contributed by atoms with Crippen LogP contribution in [-0.4, -0.2) is 29.4 Å². The Balaban J connectivity index is 1.77. The zero-order valence-corrected chi connectivity index (χ0v) is 9.24. The van der Waals surface area contributed by atoms with Crippen molar-refractivity contribution in [3.8, 4) is 0 Å². The van der Waals surface area contributed by atoms with Crippen molar-refractivity contribution in [2.24, 2.45) is 17.6 Å². The van der Waals surface area contributed by atoms with Crippen molar-refractivity contribution < 1.29 is 4.79 Å². The van der Waals surface area contributed by atoms with Crippen LogP contribution in [0.5, 0.6) is 0 Å². The van der Waals surface area contributed by atoms with Gasteiger partial charge in [-0.25, -0.2) is 0 Å². The monoisotopic (exact) mass is 208 g/mol. The zero-order valence-electron chi connectivity index (χ0n) is 9.24. The van der Waals surface area contributed by atoms with Gasteiger partial charge < -0.3 is 10.6 Å². The minimum Gasteiger partial charge on any atom is -0.335 e. The van der Waals surface area contributed by atoms with Crippen LogP contribution in [0.25, 0.3) is 0 Å². The van der Waals surface area contributed by atoms with Gasteiger partial charge in [0, 0.05) is 19.0 Å². The summed E-state index contributed by atoms with van der Waals surface area (Å²) in [4.78, 5) is 14.4. The molecule has 3 rings (SSSR count). The summed E-state index contributed by atoms with van der Waals surface area (Å²) in [5.74, 6) is 1.47. The molecular weight excluding hydrogens is 188 g/mol. The molecule has 1 amide bonds. The third-order valence-electron chi connectivity index (χ3n) is 5.00. The molecule has 3 fully saturated rings. The molecule has 2 unspecified atom stereocenters. The molecule has 84 valence electrons. The maximum absolute atomic E-state index is 12.3. The van der Waals surface area contributed by atoms with Crippen molar-refractivity contribution >= 4 is 5.91 Å². The third kappa shape index (κ3) is 1.13. The van der Waals surface area contributed by atoms with Gasteiger partial charge in [0.1, 0.15) is 0 Å². The lowest BCUT2D eigenvalue weighted by atomic mass is 9.67. The summed E-state index contributed by atoms with van der Waals surface area (Å²) in [6.45, 7) is 1.65. The predicted molar refractivity (Wildman–Crippen MR) is 58.2 cm³/mol. The Kier molecular flexibility index (Phi) is 2.06. The lowest BCUT2D eigenvalue weighted by molar-refractivity contribution is -0.146. The van der Waals surface area contributed by atoms with E-state index in [2.05, 4.69) is 4.90 Å². The Bertz CT molecular complexity index is 283. The second-order valence-electron chi connectivity index (χ2n) is 5.45. The van der Waals surface area contributed by atoms with Crippen LogP contribution < -0.4 is 5.73 Å². The Hall–Kier alpha value is -0.570. The molecule has 2 atom stereocenters. The van der Waals surface area contributed by atoms with Crippen LogP contribution in [0.3, 0.4) is 0 Å². The number of hydrogen-bond acceptors (Lipinski definition) is 2. The largest absolute Gasteiger partial charge is 0.335 e. The van der Waals surface area contributed by atoms with Crippen LogP contribution in [0.4, 0.5) is 0 Å². The first-order valence-corrected chi connectivity index (χ1v) is 6.29. The lowest BCUT2D eigenvalue weighted by Crippen LogP contribution is -2.62. The zero-order chi connectivity index (χ0) is 10.5. The number of amides is 1. The van der Waals surface area contributed by atoms with Gasteiger partial charge in [0.15, 0.2) is 0 Å². The van der Waals surface area contributed by atoms with Crippen LogP contribution in [0.2, 0.25) is 0 Å². The average Bonchev–Trinajstić information content (AvgIpc) is 2.35. The van der Waals surface area contributed by atoms with Gasteiger partial charge in [-0.1, -0.05) is 6.42 Å². The van der Waals surface area contributed by atoms with Crippen LogP contribution in [0.1, 0.15) is 38.5 Å². The fraction of sp³-hybridized carbons (Fsp3) is 0.917. The standard InChI is InChI=1S/C12H20N2O/c13-8-12-6-4-10(12)5-7-14(12)11(15)9-2-1-3-9/h9-10H,1-8,13H2. The van der Waals surface area contributed by atoms with E-state index in [1.807, 2.05) is 0 Å². The quantitative estimate of drug-likeness (QED) is 0.739. The van der Waals surface area contributed by atoms with Crippen molar-refractivity contribution in [2.75, 3.05) is 13.1 Å². The Morgan fingerprint density at radius 1 is 1.33 bits per heavy atom. The summed E-state index contributed by atoms with van der Waals surface area (Å²) in [7, 11) is 0. The fourth-order valence-electron chi connectivity index (χ4n) is 3.54. The van der Waals surface area contributed by atoms with Crippen molar-refractivity contribution in [1.82, 2.24) is 4.90 Å². The van der Waals surface area contributed by atoms with Crippen LogP contribution >= 0.6 is 0 Å². The molecule has 1 heterocycles. The average molecular weight is 208 g/mol. The molecule has 3 heteroatoms. The fourth-order valence-corrected chi connectivity index (χ4v) is 3.54. The summed E-state index contributed by atoms with van der Waals surface area (Å²) < 4.78 is 0. The van der Waals surface area contributed by atoms with Crippen LogP contribution in [0, 0.1) is 11.8 Å². The molecule has 0 radical (unpaired) electrons. The SMILES string of the molecule is NCC12CCC1CCN2C(=O)C1CCC1. The molecule has 0 aromatic rings. The first kappa shape index (κ1) is 9.64. The van der Waals surface area contributed by atoms with E-state index in [1.165, 1.54) is 19.3 Å². The molecule has 0 aromatic carbocycles. The highest BCUT2D eigenvalue weighted by Gasteiger charge is 2.56. The Morgan fingerprint density at radius 2 is 2.13 bits per heavy atom. The second-order valence-corrected chi connectivity index (χ2v) is 5.45. The smallest absolute Gasteiger partial charge is 0.226 e. The molecule has 0 bridgehead atoms. The molecule has 15 heavy (non-hydrogen) atoms. The summed E-state index contributed by atoms with van der Waals surface area (Å²) in [6.07, 6.45) is 7.08. The minimum absolute atomic E-state index is 0.0900. The predicted octanol–water partition coefficient (Wildman–Crippen LogP) is 1.13. The number of nitrogens with two attached hydrogens (primary N) is 1. The summed E-state index contributed by atoms with van der Waals surface area (Å²) >= 11 is 0. The van der Waals surface area contributed by atoms with Crippen LogP contribution in [-0.2, 0) is 4.79 Å². The van der Waals surface area contributed by atoms with Gasteiger partial charge in [-0.05, 0) is 38.0 Å². The van der Waals surface area contributed by atoms with E-state index in [9.17, 15) is 4.79 Å². The molecule has 0 aromatic heterocycles. The third-order valence-corrected chi connectivity index (χ3v) is 5.00. The maximum atomic E-state index is 12.3. The number of carbonyl (C=O) groups excluding carboxylic acids is 1. The van der Waals surface area contributed by atoms with Crippen molar-refractivity contribution in [1.29, 1.82) is 0 Å². The maximum Gasteiger partial charge on any atom is 0.226 e. The summed E-state index contributed by atoms with van der Waals surface area (Å²) in [5.41, 5.74) is 5.99. The molecule has 2 aliphatic carbocycles. The van der Waals surface area contributed by atoms with E-state index >= 15 is 0 Å². The number of hydrogen-bond donors (Lipinski definition) is 1. The summed E-state index contributed by atoms with van der Waals surface area (Å²) in [6, 6.07) is 0. The summed E-state index contributed by atoms with van der Waals surface area (Å²) in [5, 5.41) is 0. The van der Waals surface area contributed by atoms with Gasteiger partial charge in [0.25, 0.3) is 0 Å². The van der Waals surface area contributed by atoms with Crippen molar-refractivity contribution in [2.45, 2.75) is 44.1 Å². The number of likely N-dealkylation sites (tertiary alicyclic amines) is 1. The topological polar surface area (TPSA) is 46.3 Å². The van der Waals surface area contributed by atoms with E-state index < -0.39 is 0 Å². The molecule has 0 spiro atoms. The van der Waals surface area contributed by atoms with E-state index in [0.717, 1.165) is 25.8 Å². The van der Waals surface area contributed by atoms with Crippen molar-refractivity contribution in [3.63, 3.8) is 0 Å². The highest BCUT2D eigenvalue weighted by atomic mass is 16.2. The minimum atomic E-state index is 0.0900. The van der Waals surface area contributed by atoms with Gasteiger partial charge in [0.05, 0.1) is 5.54 Å². The highest BCUT2D eigenvalue weighted by Crippen LogP contribution is 2.50. The van der Waals surface area contributed by atoms with Gasteiger partial charge in [-0.2, -0.15) is 0 Å². The molecule has 2 N–H and O–H groups in total. The van der Waals surface area contributed by atoms with Gasteiger partial charge >= 0.3 is 0 Å². The molecular formula is C12H20N2O. The van der Waals surface area contributed by atoms with Crippen molar-refractivity contribution in [3.05, 3.63) is 0 Å². The van der Waals surface area contributed by atoms with Gasteiger partial charge in [0.2, 0.25) is 5.91 Å². The normalized spacial score (nSPS) is 39.5. The van der Waals surface area contributed by atoms with Gasteiger partial charge in [-0.3, -0.25) is 4.79 Å². The Morgan fingerprint density at radius 3 is 2.60 bits per heavy atom. The number of nitrogens with zero attached hydrogens (tertiary/aromatic N) is 1. The molecule has 2 saturated carbocycles. The molecule has 3 aliphatic rings. The van der Waals surface area contributed by atoms with E-state index in [0.29, 0.717) is 24.3 Å². The number of carbonyl (C=O) groups is 1. The number of fused-ring (bicyclic) bond motifs is 1. The lowest BCUT2D eigenvalue weighted by Gasteiger charge is -2.50. The van der Waals surface area contributed by atoms with E-state index in [1.54, 1.807) is 0 Å². The van der Waals surface area contributed by atoms with E-state index in [4.69, 9.17) is 5.73 Å².